The van der Waals surface area contributed by atoms with Crippen LogP contribution in [0, 0.1) is 0 Å². The molecule has 0 N–H and O–H groups in total. The van der Waals surface area contributed by atoms with E-state index in [-0.39, 0.29) is 0 Å². The maximum absolute atomic E-state index is 5.35. The van der Waals surface area contributed by atoms with E-state index in [4.69, 9.17) is 4.74 Å². The van der Waals surface area contributed by atoms with Crippen molar-refractivity contribution in [3.05, 3.63) is 29.8 Å². The van der Waals surface area contributed by atoms with Crippen LogP contribution in [0.5, 0.6) is 0 Å². The van der Waals surface area contributed by atoms with E-state index in [1.165, 1.54) is 53.5 Å². The largest absolute Gasteiger partial charge is 0.382 e. The van der Waals surface area contributed by atoms with Crippen molar-refractivity contribution in [2.75, 3.05) is 24.7 Å². The van der Waals surface area contributed by atoms with Crippen LogP contribution in [0.25, 0.3) is 0 Å². The van der Waals surface area contributed by atoms with E-state index < -0.39 is 0 Å². The lowest BCUT2D eigenvalue weighted by Gasteiger charge is -2.03. The normalized spacial score (nSPS) is 14.6. The van der Waals surface area contributed by atoms with Crippen LogP contribution >= 0.6 is 23.5 Å². The molecule has 1 fully saturated rings. The van der Waals surface area contributed by atoms with Crippen LogP contribution in [-0.2, 0) is 11.2 Å². The Bertz CT molecular complexity index is 423. The van der Waals surface area contributed by atoms with E-state index in [1.807, 2.05) is 23.5 Å². The average Bonchev–Trinajstić information content (AvgIpc) is 3.01. The van der Waals surface area contributed by atoms with E-state index in [1.54, 1.807) is 0 Å². The van der Waals surface area contributed by atoms with Crippen molar-refractivity contribution in [1.82, 2.24) is 0 Å². The van der Waals surface area contributed by atoms with Gasteiger partial charge >= 0.3 is 0 Å². The van der Waals surface area contributed by atoms with Crippen molar-refractivity contribution in [3.8, 4) is 0 Å². The molecule has 0 aliphatic carbocycles. The van der Waals surface area contributed by atoms with E-state index in [2.05, 4.69) is 36.2 Å². The van der Waals surface area contributed by atoms with Gasteiger partial charge in [-0.1, -0.05) is 48.5 Å². The Labute approximate surface area is 137 Å². The molecule has 0 radical (unpaired) electrons. The van der Waals surface area contributed by atoms with Crippen molar-refractivity contribution >= 4 is 33.6 Å². The second-order valence-electron chi connectivity index (χ2n) is 5.10. The van der Waals surface area contributed by atoms with Crippen LogP contribution in [-0.4, -0.2) is 29.1 Å². The van der Waals surface area contributed by atoms with Crippen LogP contribution < -0.4 is 0 Å². The minimum absolute atomic E-state index is 0.841. The molecule has 0 bridgehead atoms. The van der Waals surface area contributed by atoms with E-state index in [0.717, 1.165) is 18.9 Å². The maximum Gasteiger partial charge on any atom is 0.130 e. The summed E-state index contributed by atoms with van der Waals surface area (Å²) in [5.74, 6) is 2.40. The Hall–Kier alpha value is -0.450. The summed E-state index contributed by atoms with van der Waals surface area (Å²) in [5, 5.41) is 0. The predicted octanol–water partition coefficient (Wildman–Crippen LogP) is 5.29. The van der Waals surface area contributed by atoms with Gasteiger partial charge in [0, 0.05) is 24.7 Å². The van der Waals surface area contributed by atoms with Crippen molar-refractivity contribution in [1.29, 1.82) is 0 Å². The molecule has 1 aliphatic rings. The van der Waals surface area contributed by atoms with Gasteiger partial charge in [0.1, 0.15) is 4.38 Å². The fourth-order valence-corrected chi connectivity index (χ4v) is 4.43. The summed E-state index contributed by atoms with van der Waals surface area (Å²) in [4.78, 5) is 4.67. The molecule has 0 spiro atoms. The summed E-state index contributed by atoms with van der Waals surface area (Å²) in [7, 11) is 0. The zero-order valence-electron chi connectivity index (χ0n) is 12.8. The smallest absolute Gasteiger partial charge is 0.130 e. The van der Waals surface area contributed by atoms with Gasteiger partial charge < -0.3 is 4.74 Å². The number of thioether (sulfide) groups is 2. The molecular formula is C17H25NOS2. The number of nitrogens with zero attached hydrogens (tertiary/aromatic N) is 1. The standard InChI is InChI=1S/C17H25NOS2/c1-2-19-12-6-4-3-5-7-15-8-10-16(11-9-15)18-17-20-13-14-21-17/h8-11H,2-7,12-14H2,1H3. The van der Waals surface area contributed by atoms with E-state index >= 15 is 0 Å². The minimum Gasteiger partial charge on any atom is -0.382 e. The fourth-order valence-electron chi connectivity index (χ4n) is 2.24. The molecule has 0 aromatic heterocycles. The molecule has 0 unspecified atom stereocenters. The number of aryl methyl sites for hydroxylation is 1. The van der Waals surface area contributed by atoms with E-state index in [0.29, 0.717) is 0 Å². The van der Waals surface area contributed by atoms with Gasteiger partial charge in [0.05, 0.1) is 5.69 Å². The lowest BCUT2D eigenvalue weighted by Crippen LogP contribution is -1.93. The summed E-state index contributed by atoms with van der Waals surface area (Å²) in [5.41, 5.74) is 2.52. The maximum atomic E-state index is 5.35. The highest BCUT2D eigenvalue weighted by Crippen LogP contribution is 2.29. The third kappa shape index (κ3) is 6.90. The zero-order valence-corrected chi connectivity index (χ0v) is 14.5. The molecule has 1 aromatic carbocycles. The van der Waals surface area contributed by atoms with Crippen molar-refractivity contribution in [3.63, 3.8) is 0 Å². The number of benzene rings is 1. The van der Waals surface area contributed by atoms with Gasteiger partial charge in [-0.15, -0.1) is 0 Å². The Morgan fingerprint density at radius 1 is 1.00 bits per heavy atom. The number of aliphatic imine (C=N–C) groups is 1. The minimum atomic E-state index is 0.841. The highest BCUT2D eigenvalue weighted by Gasteiger charge is 2.09. The molecule has 116 valence electrons. The van der Waals surface area contributed by atoms with Crippen LogP contribution in [0.4, 0.5) is 5.69 Å². The molecule has 1 saturated heterocycles. The predicted molar refractivity (Wildman–Crippen MR) is 97.1 cm³/mol. The quantitative estimate of drug-likeness (QED) is 0.576. The Morgan fingerprint density at radius 3 is 2.43 bits per heavy atom. The van der Waals surface area contributed by atoms with Crippen LogP contribution in [0.3, 0.4) is 0 Å². The second-order valence-corrected chi connectivity index (χ2v) is 7.53. The number of unbranched alkanes of at least 4 members (excludes halogenated alkanes) is 3. The summed E-state index contributed by atoms with van der Waals surface area (Å²) in [6, 6.07) is 8.75. The first kappa shape index (κ1) is 16.9. The first-order valence-corrected chi connectivity index (χ1v) is 9.86. The third-order valence-corrected chi connectivity index (χ3v) is 5.86. The van der Waals surface area contributed by atoms with Crippen LogP contribution in [0.2, 0.25) is 0 Å². The molecular weight excluding hydrogens is 298 g/mol. The Kier molecular flexibility index (Phi) is 8.30. The summed E-state index contributed by atoms with van der Waals surface area (Å²) in [6.45, 7) is 3.81. The van der Waals surface area contributed by atoms with Crippen molar-refractivity contribution < 1.29 is 4.74 Å². The zero-order chi connectivity index (χ0) is 14.8. The number of rotatable bonds is 9. The second kappa shape index (κ2) is 10.3. The molecule has 2 rings (SSSR count). The van der Waals surface area contributed by atoms with Gasteiger partial charge in [0.2, 0.25) is 0 Å². The molecule has 1 aliphatic heterocycles. The van der Waals surface area contributed by atoms with Gasteiger partial charge in [-0.2, -0.15) is 0 Å². The van der Waals surface area contributed by atoms with Crippen molar-refractivity contribution in [2.24, 2.45) is 4.99 Å². The monoisotopic (exact) mass is 323 g/mol. The molecule has 0 atom stereocenters. The van der Waals surface area contributed by atoms with Crippen LogP contribution in [0.15, 0.2) is 29.3 Å². The van der Waals surface area contributed by atoms with Crippen molar-refractivity contribution in [2.45, 2.75) is 39.0 Å². The molecule has 1 aromatic rings. The van der Waals surface area contributed by atoms with Crippen LogP contribution in [0.1, 0.15) is 38.2 Å². The van der Waals surface area contributed by atoms with Gasteiger partial charge in [0.25, 0.3) is 0 Å². The lowest BCUT2D eigenvalue weighted by atomic mass is 10.1. The van der Waals surface area contributed by atoms with Gasteiger partial charge in [0.15, 0.2) is 0 Å². The third-order valence-electron chi connectivity index (χ3n) is 3.40. The Morgan fingerprint density at radius 2 is 1.71 bits per heavy atom. The highest BCUT2D eigenvalue weighted by molar-refractivity contribution is 8.41. The topological polar surface area (TPSA) is 21.6 Å². The number of hydrogen-bond acceptors (Lipinski definition) is 4. The fraction of sp³-hybridized carbons (Fsp3) is 0.588. The van der Waals surface area contributed by atoms with Gasteiger partial charge in [-0.25, -0.2) is 4.99 Å². The molecule has 0 saturated carbocycles. The van der Waals surface area contributed by atoms with Gasteiger partial charge in [-0.3, -0.25) is 0 Å². The molecule has 4 heteroatoms. The number of hydrogen-bond donors (Lipinski definition) is 0. The SMILES string of the molecule is CCOCCCCCCc1ccc(N=C2SCCS2)cc1. The summed E-state index contributed by atoms with van der Waals surface area (Å²) >= 11 is 3.74. The molecule has 2 nitrogen and oxygen atoms in total. The summed E-state index contributed by atoms with van der Waals surface area (Å²) in [6.07, 6.45) is 6.21. The lowest BCUT2D eigenvalue weighted by molar-refractivity contribution is 0.143. The summed E-state index contributed by atoms with van der Waals surface area (Å²) < 4.78 is 6.57. The van der Waals surface area contributed by atoms with Gasteiger partial charge in [-0.05, 0) is 43.9 Å². The molecule has 21 heavy (non-hydrogen) atoms. The molecule has 1 heterocycles. The molecule has 0 amide bonds. The first-order valence-electron chi connectivity index (χ1n) is 7.89. The first-order chi connectivity index (χ1) is 10.4. The van der Waals surface area contributed by atoms with E-state index in [9.17, 15) is 0 Å². The number of ether oxygens (including phenoxy) is 1. The Balaban J connectivity index is 1.64. The average molecular weight is 324 g/mol. The highest BCUT2D eigenvalue weighted by atomic mass is 32.2.